The van der Waals surface area contributed by atoms with Crippen LogP contribution in [0, 0.1) is 0 Å². The van der Waals surface area contributed by atoms with E-state index in [2.05, 4.69) is 51.2 Å². The fourth-order valence-electron chi connectivity index (χ4n) is 3.97. The number of guanidine groups is 1. The van der Waals surface area contributed by atoms with Gasteiger partial charge in [0.2, 0.25) is 0 Å². The van der Waals surface area contributed by atoms with Crippen LogP contribution in [0.5, 0.6) is 0 Å². The molecule has 0 radical (unpaired) electrons. The molecule has 9 nitrogen and oxygen atoms in total. The number of nitrogens with one attached hydrogen (secondary N) is 1. The monoisotopic (exact) mass is 427 g/mol. The SMILES string of the molecule is CCNC(=NCc1ccc(N2CCOC(C)C2)nc1)N1CCOC(c2cnn(C)c2)C1. The smallest absolute Gasteiger partial charge is 0.194 e. The molecule has 2 aromatic heterocycles. The lowest BCUT2D eigenvalue weighted by Crippen LogP contribution is -2.48. The van der Waals surface area contributed by atoms with E-state index in [1.807, 2.05) is 30.3 Å². The molecule has 1 N–H and O–H groups in total. The van der Waals surface area contributed by atoms with Crippen LogP contribution in [-0.2, 0) is 23.1 Å². The third kappa shape index (κ3) is 5.54. The van der Waals surface area contributed by atoms with Gasteiger partial charge in [0, 0.05) is 51.2 Å². The number of rotatable bonds is 5. The average molecular weight is 428 g/mol. The molecule has 2 aromatic rings. The maximum atomic E-state index is 5.98. The van der Waals surface area contributed by atoms with Crippen LogP contribution in [-0.4, -0.2) is 77.7 Å². The molecule has 0 spiro atoms. The molecule has 4 rings (SSSR count). The van der Waals surface area contributed by atoms with Gasteiger partial charge >= 0.3 is 0 Å². The van der Waals surface area contributed by atoms with E-state index in [1.54, 1.807) is 0 Å². The van der Waals surface area contributed by atoms with E-state index < -0.39 is 0 Å². The normalized spacial score (nSPS) is 22.6. The number of anilines is 1. The zero-order chi connectivity index (χ0) is 21.6. The first kappa shape index (κ1) is 21.6. The molecular formula is C22H33N7O2. The van der Waals surface area contributed by atoms with E-state index >= 15 is 0 Å². The van der Waals surface area contributed by atoms with Crippen molar-refractivity contribution in [3.05, 3.63) is 41.9 Å². The van der Waals surface area contributed by atoms with E-state index in [-0.39, 0.29) is 12.2 Å². The molecular weight excluding hydrogens is 394 g/mol. The van der Waals surface area contributed by atoms with E-state index in [1.165, 1.54) is 0 Å². The molecule has 9 heteroatoms. The Hall–Kier alpha value is -2.65. The molecule has 2 atom stereocenters. The Bertz CT molecular complexity index is 867. The zero-order valence-corrected chi connectivity index (χ0v) is 18.7. The predicted molar refractivity (Wildman–Crippen MR) is 120 cm³/mol. The van der Waals surface area contributed by atoms with Gasteiger partial charge in [-0.15, -0.1) is 0 Å². The summed E-state index contributed by atoms with van der Waals surface area (Å²) in [6.45, 7) is 10.3. The van der Waals surface area contributed by atoms with Crippen molar-refractivity contribution in [2.24, 2.45) is 12.0 Å². The molecule has 0 amide bonds. The molecule has 2 saturated heterocycles. The molecule has 31 heavy (non-hydrogen) atoms. The lowest BCUT2D eigenvalue weighted by Gasteiger charge is -2.34. The van der Waals surface area contributed by atoms with Crippen LogP contribution in [0.25, 0.3) is 0 Å². The predicted octanol–water partition coefficient (Wildman–Crippen LogP) is 1.58. The lowest BCUT2D eigenvalue weighted by molar-refractivity contribution is -0.00805. The first-order valence-electron chi connectivity index (χ1n) is 11.1. The highest BCUT2D eigenvalue weighted by Crippen LogP contribution is 2.22. The summed E-state index contributed by atoms with van der Waals surface area (Å²) in [5.41, 5.74) is 2.19. The first-order chi connectivity index (χ1) is 15.1. The Labute approximate surface area is 184 Å². The van der Waals surface area contributed by atoms with E-state index in [0.29, 0.717) is 13.2 Å². The van der Waals surface area contributed by atoms with Crippen molar-refractivity contribution in [3.8, 4) is 0 Å². The Balaban J connectivity index is 1.40. The van der Waals surface area contributed by atoms with Crippen LogP contribution in [0.3, 0.4) is 0 Å². The Morgan fingerprint density at radius 3 is 2.77 bits per heavy atom. The van der Waals surface area contributed by atoms with Crippen LogP contribution in [0.2, 0.25) is 0 Å². The van der Waals surface area contributed by atoms with Gasteiger partial charge < -0.3 is 24.6 Å². The van der Waals surface area contributed by atoms with E-state index in [0.717, 1.165) is 62.2 Å². The van der Waals surface area contributed by atoms with Gasteiger partial charge in [0.1, 0.15) is 11.9 Å². The second kappa shape index (κ2) is 10.1. The Morgan fingerprint density at radius 1 is 1.19 bits per heavy atom. The number of pyridine rings is 1. The van der Waals surface area contributed by atoms with Crippen molar-refractivity contribution in [3.63, 3.8) is 0 Å². The first-order valence-corrected chi connectivity index (χ1v) is 11.1. The molecule has 0 aliphatic carbocycles. The zero-order valence-electron chi connectivity index (χ0n) is 18.7. The van der Waals surface area contributed by atoms with Gasteiger partial charge in [0.05, 0.1) is 38.6 Å². The average Bonchev–Trinajstić information content (AvgIpc) is 3.23. The molecule has 2 aliphatic heterocycles. The molecule has 0 aromatic carbocycles. The lowest BCUT2D eigenvalue weighted by atomic mass is 10.1. The van der Waals surface area contributed by atoms with Gasteiger partial charge in [0.25, 0.3) is 0 Å². The maximum Gasteiger partial charge on any atom is 0.194 e. The second-order valence-electron chi connectivity index (χ2n) is 8.08. The van der Waals surface area contributed by atoms with Crippen LogP contribution < -0.4 is 10.2 Å². The van der Waals surface area contributed by atoms with Crippen molar-refractivity contribution in [2.75, 3.05) is 50.8 Å². The van der Waals surface area contributed by atoms with Crippen molar-refractivity contribution < 1.29 is 9.47 Å². The fourth-order valence-corrected chi connectivity index (χ4v) is 3.97. The van der Waals surface area contributed by atoms with E-state index in [4.69, 9.17) is 14.5 Å². The summed E-state index contributed by atoms with van der Waals surface area (Å²) >= 11 is 0. The summed E-state index contributed by atoms with van der Waals surface area (Å²) in [4.78, 5) is 14.1. The minimum atomic E-state index is 0.00294. The summed E-state index contributed by atoms with van der Waals surface area (Å²) in [6.07, 6.45) is 6.07. The summed E-state index contributed by atoms with van der Waals surface area (Å²) < 4.78 is 13.4. The summed E-state index contributed by atoms with van der Waals surface area (Å²) in [7, 11) is 1.93. The maximum absolute atomic E-state index is 5.98. The minimum Gasteiger partial charge on any atom is -0.375 e. The molecule has 0 bridgehead atoms. The van der Waals surface area contributed by atoms with Crippen molar-refractivity contribution in [2.45, 2.75) is 32.6 Å². The number of aromatic nitrogens is 3. The number of ether oxygens (including phenoxy) is 2. The topological polar surface area (TPSA) is 80.0 Å². The van der Waals surface area contributed by atoms with Gasteiger partial charge in [-0.2, -0.15) is 5.10 Å². The molecule has 2 unspecified atom stereocenters. The summed E-state index contributed by atoms with van der Waals surface area (Å²) in [5.74, 6) is 1.91. The van der Waals surface area contributed by atoms with Gasteiger partial charge in [-0.05, 0) is 25.5 Å². The number of aliphatic imine (C=N–C) groups is 1. The van der Waals surface area contributed by atoms with Gasteiger partial charge in [0.15, 0.2) is 5.96 Å². The van der Waals surface area contributed by atoms with Gasteiger partial charge in [-0.3, -0.25) is 4.68 Å². The number of nitrogens with zero attached hydrogens (tertiary/aromatic N) is 6. The molecule has 2 aliphatic rings. The van der Waals surface area contributed by atoms with Crippen LogP contribution in [0.15, 0.2) is 35.7 Å². The molecule has 168 valence electrons. The van der Waals surface area contributed by atoms with Gasteiger partial charge in [-0.25, -0.2) is 9.98 Å². The highest BCUT2D eigenvalue weighted by molar-refractivity contribution is 5.80. The number of aryl methyl sites for hydroxylation is 1. The summed E-state index contributed by atoms with van der Waals surface area (Å²) in [6, 6.07) is 4.20. The quantitative estimate of drug-likeness (QED) is 0.573. The highest BCUT2D eigenvalue weighted by Gasteiger charge is 2.25. The highest BCUT2D eigenvalue weighted by atomic mass is 16.5. The van der Waals surface area contributed by atoms with Gasteiger partial charge in [-0.1, -0.05) is 6.07 Å². The standard InChI is InChI=1S/C22H33N7O2/c1-4-23-22(29-8-10-31-20(16-29)19-13-26-27(3)15-19)25-12-18-5-6-21(24-11-18)28-7-9-30-17(2)14-28/h5-6,11,13,15,17,20H,4,7-10,12,14,16H2,1-3H3,(H,23,25). The third-order valence-corrected chi connectivity index (χ3v) is 5.58. The summed E-state index contributed by atoms with van der Waals surface area (Å²) in [5, 5.41) is 7.70. The van der Waals surface area contributed by atoms with Crippen molar-refractivity contribution in [1.29, 1.82) is 0 Å². The Morgan fingerprint density at radius 2 is 2.06 bits per heavy atom. The number of hydrogen-bond acceptors (Lipinski definition) is 6. The van der Waals surface area contributed by atoms with Crippen molar-refractivity contribution >= 4 is 11.8 Å². The van der Waals surface area contributed by atoms with Crippen molar-refractivity contribution in [1.82, 2.24) is 25.0 Å². The largest absolute Gasteiger partial charge is 0.375 e. The molecule has 2 fully saturated rings. The second-order valence-corrected chi connectivity index (χ2v) is 8.08. The van der Waals surface area contributed by atoms with Crippen LogP contribution in [0.1, 0.15) is 31.1 Å². The minimum absolute atomic E-state index is 0.00294. The molecule has 4 heterocycles. The number of hydrogen-bond donors (Lipinski definition) is 1. The fraction of sp³-hybridized carbons (Fsp3) is 0.591. The van der Waals surface area contributed by atoms with Crippen LogP contribution in [0.4, 0.5) is 5.82 Å². The molecule has 0 saturated carbocycles. The third-order valence-electron chi connectivity index (χ3n) is 5.58. The van der Waals surface area contributed by atoms with Crippen LogP contribution >= 0.6 is 0 Å². The number of morpholine rings is 2. The van der Waals surface area contributed by atoms with E-state index in [9.17, 15) is 0 Å². The Kier molecular flexibility index (Phi) is 7.03.